The Balaban J connectivity index is 0.00000256. The van der Waals surface area contributed by atoms with Crippen LogP contribution in [-0.4, -0.2) is 24.5 Å². The van der Waals surface area contributed by atoms with Gasteiger partial charge in [-0.05, 0) is 24.5 Å². The molecule has 0 unspecified atom stereocenters. The Hall–Kier alpha value is -0.780. The molecule has 2 N–H and O–H groups in total. The Morgan fingerprint density at radius 2 is 1.71 bits per heavy atom. The number of aryl methyl sites for hydroxylation is 1. The van der Waals surface area contributed by atoms with Gasteiger partial charge in [0, 0.05) is 20.1 Å². The monoisotopic (exact) mass is 347 g/mol. The van der Waals surface area contributed by atoms with E-state index in [9.17, 15) is 0 Å². The van der Waals surface area contributed by atoms with Crippen molar-refractivity contribution in [2.75, 3.05) is 13.6 Å². The third kappa shape index (κ3) is 5.39. The molecule has 0 bridgehead atoms. The smallest absolute Gasteiger partial charge is 0.191 e. The normalized spacial score (nSPS) is 10.9. The molecule has 1 rings (SSSR count). The molecule has 0 saturated carbocycles. The van der Waals surface area contributed by atoms with E-state index in [1.54, 1.807) is 0 Å². The van der Waals surface area contributed by atoms with Gasteiger partial charge in [-0.15, -0.1) is 24.0 Å². The maximum absolute atomic E-state index is 5.81. The fourth-order valence-electron chi connectivity index (χ4n) is 1.52. The van der Waals surface area contributed by atoms with E-state index in [1.807, 2.05) is 18.9 Å². The number of aliphatic imine (C=N–C) groups is 1. The molecule has 0 amide bonds. The van der Waals surface area contributed by atoms with Crippen molar-refractivity contribution < 1.29 is 0 Å². The lowest BCUT2D eigenvalue weighted by molar-refractivity contribution is 0.492. The SMILES string of the molecule is CCN=C(N)N(C)Cc1ccc(CC)cc1.I. The zero-order valence-electron chi connectivity index (χ0n) is 10.8. The molecule has 0 heterocycles. The van der Waals surface area contributed by atoms with Crippen molar-refractivity contribution in [3.8, 4) is 0 Å². The highest BCUT2D eigenvalue weighted by Gasteiger charge is 2.02. The maximum atomic E-state index is 5.81. The van der Waals surface area contributed by atoms with Gasteiger partial charge < -0.3 is 10.6 Å². The van der Waals surface area contributed by atoms with E-state index in [0.717, 1.165) is 19.5 Å². The van der Waals surface area contributed by atoms with Crippen LogP contribution in [-0.2, 0) is 13.0 Å². The lowest BCUT2D eigenvalue weighted by Crippen LogP contribution is -2.33. The molecule has 96 valence electrons. The molecule has 3 nitrogen and oxygen atoms in total. The lowest BCUT2D eigenvalue weighted by Gasteiger charge is -2.18. The second-order valence-electron chi connectivity index (χ2n) is 3.86. The minimum Gasteiger partial charge on any atom is -0.370 e. The number of benzene rings is 1. The van der Waals surface area contributed by atoms with Gasteiger partial charge in [-0.2, -0.15) is 0 Å². The van der Waals surface area contributed by atoms with Crippen molar-refractivity contribution >= 4 is 29.9 Å². The molecule has 0 saturated heterocycles. The van der Waals surface area contributed by atoms with Gasteiger partial charge >= 0.3 is 0 Å². The summed E-state index contributed by atoms with van der Waals surface area (Å²) in [5, 5.41) is 0. The topological polar surface area (TPSA) is 41.6 Å². The molecule has 0 aliphatic heterocycles. The number of hydrogen-bond donors (Lipinski definition) is 1. The van der Waals surface area contributed by atoms with Gasteiger partial charge in [-0.1, -0.05) is 31.2 Å². The summed E-state index contributed by atoms with van der Waals surface area (Å²) >= 11 is 0. The number of rotatable bonds is 4. The molecule has 0 aliphatic rings. The molecule has 1 aromatic carbocycles. The second kappa shape index (κ2) is 8.33. The molecule has 0 atom stereocenters. The average molecular weight is 347 g/mol. The van der Waals surface area contributed by atoms with E-state index < -0.39 is 0 Å². The van der Waals surface area contributed by atoms with Crippen LogP contribution in [0.15, 0.2) is 29.3 Å². The van der Waals surface area contributed by atoms with Crippen molar-refractivity contribution in [2.45, 2.75) is 26.8 Å². The van der Waals surface area contributed by atoms with E-state index in [-0.39, 0.29) is 24.0 Å². The minimum absolute atomic E-state index is 0. The van der Waals surface area contributed by atoms with Gasteiger partial charge in [0.2, 0.25) is 0 Å². The third-order valence-corrected chi connectivity index (χ3v) is 2.56. The van der Waals surface area contributed by atoms with Crippen molar-refractivity contribution in [3.63, 3.8) is 0 Å². The van der Waals surface area contributed by atoms with Crippen molar-refractivity contribution in [1.29, 1.82) is 0 Å². The molecular formula is C13H22IN3. The van der Waals surface area contributed by atoms with E-state index in [0.29, 0.717) is 5.96 Å². The number of halogens is 1. The second-order valence-corrected chi connectivity index (χ2v) is 3.86. The van der Waals surface area contributed by atoms with Gasteiger partial charge in [0.25, 0.3) is 0 Å². The van der Waals surface area contributed by atoms with E-state index in [4.69, 9.17) is 5.73 Å². The quantitative estimate of drug-likeness (QED) is 0.517. The Morgan fingerprint density at radius 1 is 1.18 bits per heavy atom. The van der Waals surface area contributed by atoms with Crippen LogP contribution in [0.1, 0.15) is 25.0 Å². The summed E-state index contributed by atoms with van der Waals surface area (Å²) in [4.78, 5) is 6.14. The predicted octanol–water partition coefficient (Wildman–Crippen LogP) is 2.63. The first-order valence-electron chi connectivity index (χ1n) is 5.76. The van der Waals surface area contributed by atoms with Crippen molar-refractivity contribution in [3.05, 3.63) is 35.4 Å². The highest BCUT2D eigenvalue weighted by atomic mass is 127. The van der Waals surface area contributed by atoms with Gasteiger partial charge in [0.15, 0.2) is 5.96 Å². The van der Waals surface area contributed by atoms with E-state index in [1.165, 1.54) is 11.1 Å². The summed E-state index contributed by atoms with van der Waals surface area (Å²) in [6.07, 6.45) is 1.08. The molecular weight excluding hydrogens is 325 g/mol. The first kappa shape index (κ1) is 16.2. The molecule has 0 radical (unpaired) electrons. The number of guanidine groups is 1. The van der Waals surface area contributed by atoms with Crippen LogP contribution in [0.5, 0.6) is 0 Å². The summed E-state index contributed by atoms with van der Waals surface area (Å²) in [7, 11) is 1.96. The third-order valence-electron chi connectivity index (χ3n) is 2.56. The van der Waals surface area contributed by atoms with E-state index >= 15 is 0 Å². The van der Waals surface area contributed by atoms with Crippen molar-refractivity contribution in [1.82, 2.24) is 4.90 Å². The summed E-state index contributed by atoms with van der Waals surface area (Å²) < 4.78 is 0. The molecule has 17 heavy (non-hydrogen) atoms. The van der Waals surface area contributed by atoms with Crippen LogP contribution in [0.25, 0.3) is 0 Å². The fourth-order valence-corrected chi connectivity index (χ4v) is 1.52. The largest absolute Gasteiger partial charge is 0.370 e. The van der Waals surface area contributed by atoms with Crippen LogP contribution in [0, 0.1) is 0 Å². The average Bonchev–Trinajstić information content (AvgIpc) is 2.30. The number of nitrogens with zero attached hydrogens (tertiary/aromatic N) is 2. The zero-order valence-corrected chi connectivity index (χ0v) is 13.1. The first-order chi connectivity index (χ1) is 7.67. The highest BCUT2D eigenvalue weighted by molar-refractivity contribution is 14.0. The Labute approximate surface area is 121 Å². The van der Waals surface area contributed by atoms with Crippen LogP contribution in [0.3, 0.4) is 0 Å². The fraction of sp³-hybridized carbons (Fsp3) is 0.462. The zero-order chi connectivity index (χ0) is 12.0. The van der Waals surface area contributed by atoms with Crippen LogP contribution in [0.2, 0.25) is 0 Å². The molecule has 0 aromatic heterocycles. The minimum atomic E-state index is 0. The Morgan fingerprint density at radius 3 is 2.18 bits per heavy atom. The van der Waals surface area contributed by atoms with Gasteiger partial charge in [0.05, 0.1) is 0 Å². The van der Waals surface area contributed by atoms with Crippen LogP contribution in [0.4, 0.5) is 0 Å². The predicted molar refractivity (Wildman–Crippen MR) is 84.9 cm³/mol. The summed E-state index contributed by atoms with van der Waals surface area (Å²) in [5.41, 5.74) is 8.43. The number of nitrogens with two attached hydrogens (primary N) is 1. The highest BCUT2D eigenvalue weighted by Crippen LogP contribution is 2.07. The summed E-state index contributed by atoms with van der Waals surface area (Å²) in [5.74, 6) is 0.599. The summed E-state index contributed by atoms with van der Waals surface area (Å²) in [6, 6.07) is 8.62. The van der Waals surface area contributed by atoms with Crippen molar-refractivity contribution in [2.24, 2.45) is 10.7 Å². The lowest BCUT2D eigenvalue weighted by atomic mass is 10.1. The van der Waals surface area contributed by atoms with Crippen LogP contribution < -0.4 is 5.73 Å². The number of hydrogen-bond acceptors (Lipinski definition) is 1. The maximum Gasteiger partial charge on any atom is 0.191 e. The van der Waals surface area contributed by atoms with Gasteiger partial charge in [-0.3, -0.25) is 4.99 Å². The Bertz CT molecular complexity index is 346. The molecule has 4 heteroatoms. The molecule has 0 spiro atoms. The van der Waals surface area contributed by atoms with Crippen LogP contribution >= 0.6 is 24.0 Å². The Kier molecular flexibility index (Phi) is 7.95. The standard InChI is InChI=1S/C13H21N3.HI/c1-4-11-6-8-12(9-7-11)10-16(3)13(14)15-5-2;/h6-9H,4-5,10H2,1-3H3,(H2,14,15);1H. The first-order valence-corrected chi connectivity index (χ1v) is 5.76. The summed E-state index contributed by atoms with van der Waals surface area (Å²) in [6.45, 7) is 5.67. The molecule has 0 fully saturated rings. The van der Waals surface area contributed by atoms with Gasteiger partial charge in [-0.25, -0.2) is 0 Å². The molecule has 1 aromatic rings. The van der Waals surface area contributed by atoms with Gasteiger partial charge in [0.1, 0.15) is 0 Å². The molecule has 0 aliphatic carbocycles. The van der Waals surface area contributed by atoms with E-state index in [2.05, 4.69) is 36.2 Å².